The summed E-state index contributed by atoms with van der Waals surface area (Å²) in [6, 6.07) is 7.10. The number of carbonyl (C=O) groups is 1. The fourth-order valence-corrected chi connectivity index (χ4v) is 5.06. The summed E-state index contributed by atoms with van der Waals surface area (Å²) < 4.78 is 0. The summed E-state index contributed by atoms with van der Waals surface area (Å²) in [5.74, 6) is 1.10. The van der Waals surface area contributed by atoms with Crippen LogP contribution in [0.1, 0.15) is 76.0 Å². The molecule has 0 spiro atoms. The Morgan fingerprint density at radius 3 is 2.67 bits per heavy atom. The van der Waals surface area contributed by atoms with Gasteiger partial charge in [-0.3, -0.25) is 0 Å². The normalized spacial score (nSPS) is 35.2. The SMILES string of the molecule is CC(C)c1ccc2c(c1)CC[C@H]1[C@@](C)(C=O)CCC[C@]21C. The van der Waals surface area contributed by atoms with Crippen LogP contribution < -0.4 is 0 Å². The number of benzene rings is 1. The first-order valence-electron chi connectivity index (χ1n) is 8.50. The molecule has 1 saturated carbocycles. The minimum atomic E-state index is -0.124. The van der Waals surface area contributed by atoms with E-state index in [1.54, 1.807) is 0 Å². The molecule has 1 fully saturated rings. The van der Waals surface area contributed by atoms with E-state index in [2.05, 4.69) is 45.9 Å². The lowest BCUT2D eigenvalue weighted by Crippen LogP contribution is -2.49. The molecule has 0 aromatic heterocycles. The van der Waals surface area contributed by atoms with Gasteiger partial charge in [-0.25, -0.2) is 0 Å². The van der Waals surface area contributed by atoms with Crippen LogP contribution in [-0.4, -0.2) is 6.29 Å². The maximum absolute atomic E-state index is 11.7. The maximum Gasteiger partial charge on any atom is 0.126 e. The topological polar surface area (TPSA) is 17.1 Å². The molecule has 1 heteroatoms. The summed E-state index contributed by atoms with van der Waals surface area (Å²) in [6.07, 6.45) is 7.03. The molecule has 0 bridgehead atoms. The first kappa shape index (κ1) is 14.8. The Balaban J connectivity index is 2.07. The average Bonchev–Trinajstić information content (AvgIpc) is 2.46. The molecule has 0 unspecified atom stereocenters. The van der Waals surface area contributed by atoms with Crippen molar-refractivity contribution in [1.29, 1.82) is 0 Å². The Labute approximate surface area is 129 Å². The van der Waals surface area contributed by atoms with Gasteiger partial charge in [-0.15, -0.1) is 0 Å². The van der Waals surface area contributed by atoms with Gasteiger partial charge in [0.15, 0.2) is 0 Å². The molecule has 0 aliphatic heterocycles. The number of aryl methyl sites for hydroxylation is 1. The summed E-state index contributed by atoms with van der Waals surface area (Å²) in [7, 11) is 0. The molecule has 2 aliphatic rings. The highest BCUT2D eigenvalue weighted by atomic mass is 16.1. The van der Waals surface area contributed by atoms with Crippen LogP contribution in [0.3, 0.4) is 0 Å². The standard InChI is InChI=1S/C20H28O/c1-14(2)15-6-8-17-16(12-15)7-9-18-19(3,13-21)10-5-11-20(17,18)4/h6,8,12-14,18H,5,7,9-11H2,1-4H3/t18-,19+,20+/m0/s1. The van der Waals surface area contributed by atoms with Crippen molar-refractivity contribution in [1.82, 2.24) is 0 Å². The van der Waals surface area contributed by atoms with Crippen molar-refractivity contribution in [2.24, 2.45) is 11.3 Å². The second kappa shape index (κ2) is 4.97. The largest absolute Gasteiger partial charge is 0.303 e. The number of fused-ring (bicyclic) bond motifs is 3. The third-order valence-corrected chi connectivity index (χ3v) is 6.36. The number of rotatable bonds is 2. The quantitative estimate of drug-likeness (QED) is 0.697. The Hall–Kier alpha value is -1.11. The number of hydrogen-bond acceptors (Lipinski definition) is 1. The molecule has 3 atom stereocenters. The van der Waals surface area contributed by atoms with Crippen molar-refractivity contribution in [3.8, 4) is 0 Å². The van der Waals surface area contributed by atoms with Gasteiger partial charge in [-0.05, 0) is 59.6 Å². The predicted octanol–water partition coefficient (Wildman–Crippen LogP) is 5.02. The second-order valence-electron chi connectivity index (χ2n) is 8.06. The van der Waals surface area contributed by atoms with Gasteiger partial charge in [0.2, 0.25) is 0 Å². The Morgan fingerprint density at radius 2 is 2.00 bits per heavy atom. The van der Waals surface area contributed by atoms with Crippen molar-refractivity contribution in [3.05, 3.63) is 34.9 Å². The van der Waals surface area contributed by atoms with E-state index >= 15 is 0 Å². The van der Waals surface area contributed by atoms with Gasteiger partial charge >= 0.3 is 0 Å². The molecule has 3 rings (SSSR count). The van der Waals surface area contributed by atoms with Gasteiger partial charge in [0, 0.05) is 5.41 Å². The maximum atomic E-state index is 11.7. The molecule has 21 heavy (non-hydrogen) atoms. The number of carbonyl (C=O) groups excluding carboxylic acids is 1. The average molecular weight is 284 g/mol. The van der Waals surface area contributed by atoms with Crippen molar-refractivity contribution >= 4 is 6.29 Å². The lowest BCUT2D eigenvalue weighted by atomic mass is 9.50. The van der Waals surface area contributed by atoms with Crippen LogP contribution in [0.2, 0.25) is 0 Å². The molecule has 0 saturated heterocycles. The van der Waals surface area contributed by atoms with Gasteiger partial charge in [-0.2, -0.15) is 0 Å². The van der Waals surface area contributed by atoms with E-state index in [9.17, 15) is 4.79 Å². The summed E-state index contributed by atoms with van der Waals surface area (Å²) in [6.45, 7) is 9.12. The van der Waals surface area contributed by atoms with Crippen molar-refractivity contribution in [3.63, 3.8) is 0 Å². The van der Waals surface area contributed by atoms with Crippen LogP contribution in [-0.2, 0) is 16.6 Å². The van der Waals surface area contributed by atoms with Gasteiger partial charge in [-0.1, -0.05) is 52.3 Å². The monoisotopic (exact) mass is 284 g/mol. The van der Waals surface area contributed by atoms with Crippen molar-refractivity contribution < 1.29 is 4.79 Å². The number of aldehydes is 1. The highest BCUT2D eigenvalue weighted by Gasteiger charge is 2.51. The second-order valence-corrected chi connectivity index (χ2v) is 8.06. The van der Waals surface area contributed by atoms with E-state index in [4.69, 9.17) is 0 Å². The minimum Gasteiger partial charge on any atom is -0.303 e. The van der Waals surface area contributed by atoms with Gasteiger partial charge in [0.05, 0.1) is 0 Å². The number of hydrogen-bond donors (Lipinski definition) is 0. The van der Waals surface area contributed by atoms with Crippen LogP contribution in [0, 0.1) is 11.3 Å². The van der Waals surface area contributed by atoms with E-state index in [0.717, 1.165) is 12.8 Å². The van der Waals surface area contributed by atoms with E-state index in [1.165, 1.54) is 42.2 Å². The Kier molecular flexibility index (Phi) is 3.50. The lowest BCUT2D eigenvalue weighted by Gasteiger charge is -2.53. The van der Waals surface area contributed by atoms with Crippen LogP contribution in [0.25, 0.3) is 0 Å². The van der Waals surface area contributed by atoms with Gasteiger partial charge < -0.3 is 4.79 Å². The Morgan fingerprint density at radius 1 is 1.24 bits per heavy atom. The molecule has 114 valence electrons. The zero-order valence-corrected chi connectivity index (χ0v) is 13.9. The van der Waals surface area contributed by atoms with E-state index in [-0.39, 0.29) is 10.8 Å². The van der Waals surface area contributed by atoms with E-state index in [1.807, 2.05) is 0 Å². The fourth-order valence-electron chi connectivity index (χ4n) is 5.06. The van der Waals surface area contributed by atoms with Gasteiger partial charge in [0.1, 0.15) is 6.29 Å². The molecular formula is C20H28O. The predicted molar refractivity (Wildman–Crippen MR) is 87.7 cm³/mol. The van der Waals surface area contributed by atoms with E-state index in [0.29, 0.717) is 11.8 Å². The molecule has 1 nitrogen and oxygen atoms in total. The van der Waals surface area contributed by atoms with Gasteiger partial charge in [0.25, 0.3) is 0 Å². The summed E-state index contributed by atoms with van der Waals surface area (Å²) in [5.41, 5.74) is 4.58. The third-order valence-electron chi connectivity index (χ3n) is 6.36. The smallest absolute Gasteiger partial charge is 0.126 e. The van der Waals surface area contributed by atoms with Crippen LogP contribution in [0.15, 0.2) is 18.2 Å². The molecule has 1 aromatic rings. The first-order chi connectivity index (χ1) is 9.90. The molecule has 0 amide bonds. The van der Waals surface area contributed by atoms with Crippen molar-refractivity contribution in [2.45, 2.75) is 71.1 Å². The van der Waals surface area contributed by atoms with Crippen LogP contribution in [0.4, 0.5) is 0 Å². The molecule has 1 aromatic carbocycles. The lowest BCUT2D eigenvalue weighted by molar-refractivity contribution is -0.123. The highest BCUT2D eigenvalue weighted by molar-refractivity contribution is 5.61. The fraction of sp³-hybridized carbons (Fsp3) is 0.650. The summed E-state index contributed by atoms with van der Waals surface area (Å²) in [5, 5.41) is 0. The minimum absolute atomic E-state index is 0.124. The zero-order valence-electron chi connectivity index (χ0n) is 13.9. The summed E-state index contributed by atoms with van der Waals surface area (Å²) in [4.78, 5) is 11.7. The molecule has 0 heterocycles. The summed E-state index contributed by atoms with van der Waals surface area (Å²) >= 11 is 0. The highest BCUT2D eigenvalue weighted by Crippen LogP contribution is 2.56. The third kappa shape index (κ3) is 2.17. The Bertz CT molecular complexity index is 559. The molecule has 0 radical (unpaired) electrons. The molecule has 0 N–H and O–H groups in total. The van der Waals surface area contributed by atoms with Crippen LogP contribution >= 0.6 is 0 Å². The first-order valence-corrected chi connectivity index (χ1v) is 8.50. The zero-order chi connectivity index (χ0) is 15.3. The van der Waals surface area contributed by atoms with Crippen LogP contribution in [0.5, 0.6) is 0 Å². The molecular weight excluding hydrogens is 256 g/mol. The van der Waals surface area contributed by atoms with E-state index < -0.39 is 0 Å². The molecule has 2 aliphatic carbocycles. The van der Waals surface area contributed by atoms with Crippen molar-refractivity contribution in [2.75, 3.05) is 0 Å².